The van der Waals surface area contributed by atoms with E-state index in [1.165, 1.54) is 0 Å². The van der Waals surface area contributed by atoms with Gasteiger partial charge in [-0.2, -0.15) is 0 Å². The molecule has 0 aliphatic carbocycles. The van der Waals surface area contributed by atoms with E-state index in [0.29, 0.717) is 22.2 Å². The van der Waals surface area contributed by atoms with Gasteiger partial charge in [-0.1, -0.05) is 35.9 Å². The lowest BCUT2D eigenvalue weighted by molar-refractivity contribution is 0.0967. The van der Waals surface area contributed by atoms with Crippen LogP contribution in [0, 0.1) is 6.92 Å². The van der Waals surface area contributed by atoms with Crippen LogP contribution in [-0.4, -0.2) is 21.6 Å². The molecule has 0 saturated heterocycles. The van der Waals surface area contributed by atoms with E-state index in [2.05, 4.69) is 4.98 Å². The number of carbonyl (C=O) groups excluding carboxylic acids is 2. The second-order valence-corrected chi connectivity index (χ2v) is 6.64. The van der Waals surface area contributed by atoms with Crippen molar-refractivity contribution in [3.63, 3.8) is 0 Å². The van der Waals surface area contributed by atoms with Crippen molar-refractivity contribution in [3.05, 3.63) is 76.8 Å². The summed E-state index contributed by atoms with van der Waals surface area (Å²) in [6, 6.07) is 14.6. The summed E-state index contributed by atoms with van der Waals surface area (Å²) in [7, 11) is 0. The van der Waals surface area contributed by atoms with Crippen LogP contribution in [0.5, 0.6) is 0 Å². The minimum atomic E-state index is -0.201. The Morgan fingerprint density at radius 3 is 2.74 bits per heavy atom. The van der Waals surface area contributed by atoms with Crippen molar-refractivity contribution in [2.45, 2.75) is 13.5 Å². The highest BCUT2D eigenvalue weighted by Gasteiger charge is 2.20. The predicted octanol–water partition coefficient (Wildman–Crippen LogP) is 4.95. The first-order chi connectivity index (χ1) is 13.1. The highest BCUT2D eigenvalue weighted by molar-refractivity contribution is 6.31. The molecule has 6 heteroatoms. The summed E-state index contributed by atoms with van der Waals surface area (Å²) in [6.07, 6.45) is 2.42. The second kappa shape index (κ2) is 6.85. The van der Waals surface area contributed by atoms with Crippen LogP contribution < -0.4 is 0 Å². The van der Waals surface area contributed by atoms with Crippen molar-refractivity contribution in [1.82, 2.24) is 9.55 Å². The zero-order valence-electron chi connectivity index (χ0n) is 14.5. The van der Waals surface area contributed by atoms with Gasteiger partial charge in [0.1, 0.15) is 11.5 Å². The number of hydrogen-bond donors (Lipinski definition) is 0. The van der Waals surface area contributed by atoms with E-state index in [4.69, 9.17) is 16.0 Å². The molecule has 0 spiro atoms. The first-order valence-electron chi connectivity index (χ1n) is 8.36. The smallest absolute Gasteiger partial charge is 0.226 e. The van der Waals surface area contributed by atoms with Crippen molar-refractivity contribution >= 4 is 34.6 Å². The minimum absolute atomic E-state index is 0.0340. The number of halogens is 1. The van der Waals surface area contributed by atoms with Gasteiger partial charge in [-0.05, 0) is 31.2 Å². The lowest BCUT2D eigenvalue weighted by atomic mass is 10.2. The van der Waals surface area contributed by atoms with Crippen molar-refractivity contribution in [3.8, 4) is 11.5 Å². The molecule has 134 valence electrons. The summed E-state index contributed by atoms with van der Waals surface area (Å²) in [5, 5.41) is 1.29. The Morgan fingerprint density at radius 1 is 1.22 bits per heavy atom. The van der Waals surface area contributed by atoms with E-state index in [-0.39, 0.29) is 18.0 Å². The summed E-state index contributed by atoms with van der Waals surface area (Å²) in [5.74, 6) is 0.669. The average Bonchev–Trinajstić information content (AvgIpc) is 3.23. The van der Waals surface area contributed by atoms with Gasteiger partial charge < -0.3 is 8.98 Å². The number of oxazole rings is 1. The fraction of sp³-hybridized carbons (Fsp3) is 0.0952. The first kappa shape index (κ1) is 17.2. The quantitative estimate of drug-likeness (QED) is 0.364. The molecule has 4 aromatic rings. The molecule has 0 aliphatic heterocycles. The van der Waals surface area contributed by atoms with Gasteiger partial charge in [0, 0.05) is 27.7 Å². The van der Waals surface area contributed by atoms with Gasteiger partial charge in [0.05, 0.1) is 12.1 Å². The van der Waals surface area contributed by atoms with Crippen LogP contribution in [0.4, 0.5) is 0 Å². The predicted molar refractivity (Wildman–Crippen MR) is 103 cm³/mol. The lowest BCUT2D eigenvalue weighted by Gasteiger charge is -2.03. The van der Waals surface area contributed by atoms with Crippen LogP contribution >= 0.6 is 11.6 Å². The number of rotatable bonds is 5. The fourth-order valence-electron chi connectivity index (χ4n) is 3.11. The van der Waals surface area contributed by atoms with E-state index >= 15 is 0 Å². The lowest BCUT2D eigenvalue weighted by Crippen LogP contribution is -2.11. The van der Waals surface area contributed by atoms with E-state index < -0.39 is 0 Å². The molecule has 0 bridgehead atoms. The Morgan fingerprint density at radius 2 is 2.00 bits per heavy atom. The Kier molecular flexibility index (Phi) is 4.38. The van der Waals surface area contributed by atoms with Crippen molar-refractivity contribution in [2.24, 2.45) is 0 Å². The van der Waals surface area contributed by atoms with Gasteiger partial charge in [0.2, 0.25) is 11.7 Å². The van der Waals surface area contributed by atoms with Gasteiger partial charge >= 0.3 is 0 Å². The monoisotopic (exact) mass is 378 g/mol. The number of nitrogens with zero attached hydrogens (tertiary/aromatic N) is 2. The summed E-state index contributed by atoms with van der Waals surface area (Å²) in [5.41, 5.74) is 2.32. The fourth-order valence-corrected chi connectivity index (χ4v) is 3.27. The number of hydrogen-bond acceptors (Lipinski definition) is 4. The van der Waals surface area contributed by atoms with Crippen molar-refractivity contribution in [1.29, 1.82) is 0 Å². The molecule has 2 aromatic heterocycles. The molecule has 27 heavy (non-hydrogen) atoms. The zero-order chi connectivity index (χ0) is 19.0. The standard InChI is InChI=1S/C21H15ClN2O3/c1-13-20(23-21(27-13)14-5-3-2-4-6-14)19(26)11-24-10-15(12-25)17-8-7-16(22)9-18(17)24/h2-10,12H,11H2,1H3. The van der Waals surface area contributed by atoms with Crippen LogP contribution in [0.2, 0.25) is 5.02 Å². The molecule has 0 fully saturated rings. The van der Waals surface area contributed by atoms with Crippen LogP contribution in [0.3, 0.4) is 0 Å². The Balaban J connectivity index is 1.69. The third-order valence-electron chi connectivity index (χ3n) is 4.40. The molecule has 5 nitrogen and oxygen atoms in total. The number of ketones is 1. The Hall–Kier alpha value is -3.18. The van der Waals surface area contributed by atoms with E-state index in [9.17, 15) is 9.59 Å². The molecule has 0 aliphatic rings. The topological polar surface area (TPSA) is 65.1 Å². The molecule has 2 heterocycles. The van der Waals surface area contributed by atoms with Gasteiger partial charge in [-0.3, -0.25) is 9.59 Å². The highest BCUT2D eigenvalue weighted by Crippen LogP contribution is 2.26. The van der Waals surface area contributed by atoms with E-state index in [1.807, 2.05) is 30.3 Å². The highest BCUT2D eigenvalue weighted by atomic mass is 35.5. The van der Waals surface area contributed by atoms with Crippen LogP contribution in [0.25, 0.3) is 22.4 Å². The Labute approximate surface area is 160 Å². The van der Waals surface area contributed by atoms with Crippen LogP contribution in [0.1, 0.15) is 26.6 Å². The average molecular weight is 379 g/mol. The normalized spacial score (nSPS) is 11.0. The third kappa shape index (κ3) is 3.17. The summed E-state index contributed by atoms with van der Waals surface area (Å²) >= 11 is 6.08. The van der Waals surface area contributed by atoms with E-state index in [1.54, 1.807) is 35.9 Å². The summed E-state index contributed by atoms with van der Waals surface area (Å²) in [4.78, 5) is 28.5. The van der Waals surface area contributed by atoms with Gasteiger partial charge in [-0.25, -0.2) is 4.98 Å². The molecular formula is C21H15ClN2O3. The largest absolute Gasteiger partial charge is 0.441 e. The molecule has 0 radical (unpaired) electrons. The van der Waals surface area contributed by atoms with Crippen molar-refractivity contribution < 1.29 is 14.0 Å². The first-order valence-corrected chi connectivity index (χ1v) is 8.74. The molecule has 0 amide bonds. The number of aromatic nitrogens is 2. The zero-order valence-corrected chi connectivity index (χ0v) is 15.2. The number of aryl methyl sites for hydroxylation is 1. The number of Topliss-reactive ketones (excluding diaryl/α,β-unsaturated/α-hetero) is 1. The van der Waals surface area contributed by atoms with Crippen molar-refractivity contribution in [2.75, 3.05) is 0 Å². The van der Waals surface area contributed by atoms with E-state index in [0.717, 1.165) is 22.8 Å². The maximum Gasteiger partial charge on any atom is 0.226 e. The molecule has 2 aromatic carbocycles. The molecule has 4 rings (SSSR count). The minimum Gasteiger partial charge on any atom is -0.441 e. The van der Waals surface area contributed by atoms with Gasteiger partial charge in [0.25, 0.3) is 0 Å². The summed E-state index contributed by atoms with van der Waals surface area (Å²) < 4.78 is 7.39. The molecule has 0 unspecified atom stereocenters. The van der Waals surface area contributed by atoms with Crippen LogP contribution in [-0.2, 0) is 6.54 Å². The molecule has 0 N–H and O–H groups in total. The maximum atomic E-state index is 12.8. The third-order valence-corrected chi connectivity index (χ3v) is 4.63. The second-order valence-electron chi connectivity index (χ2n) is 6.20. The van der Waals surface area contributed by atoms with Gasteiger partial charge in [0.15, 0.2) is 6.29 Å². The molecule has 0 saturated carbocycles. The van der Waals surface area contributed by atoms with Gasteiger partial charge in [-0.15, -0.1) is 0 Å². The summed E-state index contributed by atoms with van der Waals surface area (Å²) in [6.45, 7) is 1.75. The SMILES string of the molecule is Cc1oc(-c2ccccc2)nc1C(=O)Cn1cc(C=O)c2ccc(Cl)cc21. The molecule has 0 atom stereocenters. The number of carbonyl (C=O) groups is 2. The maximum absolute atomic E-state index is 12.8. The molecular weight excluding hydrogens is 364 g/mol. The van der Waals surface area contributed by atoms with Crippen LogP contribution in [0.15, 0.2) is 59.1 Å². The Bertz CT molecular complexity index is 1160. The number of benzene rings is 2. The number of fused-ring (bicyclic) bond motifs is 1. The number of aldehydes is 1.